The van der Waals surface area contributed by atoms with E-state index in [1.165, 1.54) is 4.31 Å². The minimum Gasteiger partial charge on any atom is -0.451 e. The van der Waals surface area contributed by atoms with Gasteiger partial charge in [0.1, 0.15) is 5.58 Å². The van der Waals surface area contributed by atoms with Crippen molar-refractivity contribution in [1.29, 1.82) is 0 Å². The third-order valence-electron chi connectivity index (χ3n) is 6.83. The maximum absolute atomic E-state index is 13.3. The number of amides is 1. The summed E-state index contributed by atoms with van der Waals surface area (Å²) in [6.07, 6.45) is 1.03. The van der Waals surface area contributed by atoms with Gasteiger partial charge in [-0.3, -0.25) is 4.79 Å². The van der Waals surface area contributed by atoms with Gasteiger partial charge in [0.05, 0.1) is 18.1 Å². The zero-order valence-corrected chi connectivity index (χ0v) is 19.3. The maximum Gasteiger partial charge on any atom is 0.289 e. The number of hydrogen-bond acceptors (Lipinski definition) is 7. The van der Waals surface area contributed by atoms with Gasteiger partial charge in [0.2, 0.25) is 10.0 Å². The van der Waals surface area contributed by atoms with E-state index in [4.69, 9.17) is 13.9 Å². The largest absolute Gasteiger partial charge is 0.451 e. The molecule has 0 unspecified atom stereocenters. The van der Waals surface area contributed by atoms with E-state index in [0.717, 1.165) is 13.1 Å². The Labute approximate surface area is 187 Å². The fourth-order valence-corrected chi connectivity index (χ4v) is 6.19. The van der Waals surface area contributed by atoms with Crippen LogP contribution in [0.5, 0.6) is 0 Å². The lowest BCUT2D eigenvalue weighted by molar-refractivity contribution is -0.179. The molecule has 1 spiro atoms. The molecule has 5 rings (SSSR count). The summed E-state index contributed by atoms with van der Waals surface area (Å²) in [5, 5.41) is 0.652. The Morgan fingerprint density at radius 1 is 1.00 bits per heavy atom. The van der Waals surface area contributed by atoms with Crippen LogP contribution in [0.3, 0.4) is 0 Å². The lowest BCUT2D eigenvalue weighted by Gasteiger charge is -2.36. The third-order valence-corrected chi connectivity index (χ3v) is 8.72. The van der Waals surface area contributed by atoms with Crippen molar-refractivity contribution in [1.82, 2.24) is 14.1 Å². The highest BCUT2D eigenvalue weighted by atomic mass is 32.2. The second-order valence-corrected chi connectivity index (χ2v) is 10.8. The van der Waals surface area contributed by atoms with Gasteiger partial charge in [-0.25, -0.2) is 8.42 Å². The lowest BCUT2D eigenvalue weighted by Crippen LogP contribution is -2.47. The molecule has 0 aliphatic carbocycles. The summed E-state index contributed by atoms with van der Waals surface area (Å²) >= 11 is 0. The number of carbonyl (C=O) groups is 1. The molecule has 0 radical (unpaired) electrons. The Morgan fingerprint density at radius 2 is 1.66 bits per heavy atom. The van der Waals surface area contributed by atoms with E-state index in [1.807, 2.05) is 14.0 Å². The van der Waals surface area contributed by atoms with Gasteiger partial charge in [-0.15, -0.1) is 0 Å². The van der Waals surface area contributed by atoms with Crippen LogP contribution in [0.25, 0.3) is 11.0 Å². The summed E-state index contributed by atoms with van der Waals surface area (Å²) < 4.78 is 45.4. The number of piperazine rings is 1. The molecule has 1 amide bonds. The van der Waals surface area contributed by atoms with Crippen molar-refractivity contribution in [2.45, 2.75) is 30.4 Å². The number of carbonyl (C=O) groups excluding carboxylic acids is 1. The van der Waals surface area contributed by atoms with Crippen molar-refractivity contribution in [2.24, 2.45) is 0 Å². The van der Waals surface area contributed by atoms with Crippen molar-refractivity contribution in [3.8, 4) is 0 Å². The molecule has 0 atom stereocenters. The van der Waals surface area contributed by atoms with Crippen LogP contribution in [-0.2, 0) is 19.5 Å². The molecule has 9 nitrogen and oxygen atoms in total. The Kier molecular flexibility index (Phi) is 5.53. The van der Waals surface area contributed by atoms with Crippen LogP contribution in [0.4, 0.5) is 0 Å². The van der Waals surface area contributed by atoms with E-state index >= 15 is 0 Å². The van der Waals surface area contributed by atoms with Crippen LogP contribution in [0.2, 0.25) is 0 Å². The van der Waals surface area contributed by atoms with Crippen molar-refractivity contribution >= 4 is 26.9 Å². The number of fused-ring (bicyclic) bond motifs is 1. The SMILES string of the molecule is Cc1c(C(=O)N2CCN(C)CC2)oc2ccc(S(=O)(=O)N3CCC4(CC3)OCCO4)cc12. The topological polar surface area (TPSA) is 92.5 Å². The average molecular weight is 464 g/mol. The van der Waals surface area contributed by atoms with Gasteiger partial charge in [-0.05, 0) is 32.2 Å². The number of piperidine rings is 1. The van der Waals surface area contributed by atoms with Gasteiger partial charge in [0.25, 0.3) is 5.91 Å². The minimum atomic E-state index is -3.67. The number of rotatable bonds is 3. The van der Waals surface area contributed by atoms with Crippen LogP contribution in [0.15, 0.2) is 27.5 Å². The molecular formula is C22H29N3O6S. The molecule has 3 saturated heterocycles. The molecule has 3 aliphatic rings. The predicted octanol–water partition coefficient (Wildman–Crippen LogP) is 1.66. The van der Waals surface area contributed by atoms with E-state index in [0.29, 0.717) is 68.8 Å². The number of ether oxygens (including phenoxy) is 2. The Balaban J connectivity index is 1.38. The summed E-state index contributed by atoms with van der Waals surface area (Å²) in [5.41, 5.74) is 1.19. The van der Waals surface area contributed by atoms with Crippen molar-refractivity contribution in [2.75, 3.05) is 59.5 Å². The van der Waals surface area contributed by atoms with E-state index in [-0.39, 0.29) is 16.6 Å². The highest BCUT2D eigenvalue weighted by Crippen LogP contribution is 2.35. The number of likely N-dealkylation sites (N-methyl/N-ethyl adjacent to an activating group) is 1. The second kappa shape index (κ2) is 8.11. The summed E-state index contributed by atoms with van der Waals surface area (Å²) in [7, 11) is -1.64. The average Bonchev–Trinajstić information content (AvgIpc) is 3.38. The first kappa shape index (κ1) is 21.8. The molecule has 3 aliphatic heterocycles. The summed E-state index contributed by atoms with van der Waals surface area (Å²) in [6, 6.07) is 4.82. The molecule has 1 aromatic carbocycles. The molecule has 0 saturated carbocycles. The Bertz CT molecular complexity index is 1120. The summed E-state index contributed by atoms with van der Waals surface area (Å²) in [5.74, 6) is -0.487. The molecule has 4 heterocycles. The highest BCUT2D eigenvalue weighted by Gasteiger charge is 2.42. The summed E-state index contributed by atoms with van der Waals surface area (Å²) in [4.78, 5) is 17.2. The molecule has 1 aromatic heterocycles. The fraction of sp³-hybridized carbons (Fsp3) is 0.591. The molecule has 3 fully saturated rings. The number of furan rings is 1. The number of nitrogens with zero attached hydrogens (tertiary/aromatic N) is 3. The number of sulfonamides is 1. The highest BCUT2D eigenvalue weighted by molar-refractivity contribution is 7.89. The quantitative estimate of drug-likeness (QED) is 0.684. The van der Waals surface area contributed by atoms with E-state index in [9.17, 15) is 13.2 Å². The zero-order valence-electron chi connectivity index (χ0n) is 18.5. The van der Waals surface area contributed by atoms with E-state index < -0.39 is 15.8 Å². The smallest absolute Gasteiger partial charge is 0.289 e. The molecule has 0 N–H and O–H groups in total. The molecule has 10 heteroatoms. The van der Waals surface area contributed by atoms with Crippen LogP contribution in [0.1, 0.15) is 29.0 Å². The minimum absolute atomic E-state index is 0.144. The molecule has 174 valence electrons. The molecule has 32 heavy (non-hydrogen) atoms. The Hall–Kier alpha value is -1.98. The summed E-state index contributed by atoms with van der Waals surface area (Å²) in [6.45, 7) is 6.54. The predicted molar refractivity (Wildman–Crippen MR) is 117 cm³/mol. The molecule has 0 bridgehead atoms. The lowest BCUT2D eigenvalue weighted by atomic mass is 10.1. The van der Waals surface area contributed by atoms with Gasteiger partial charge < -0.3 is 23.7 Å². The monoisotopic (exact) mass is 463 g/mol. The van der Waals surface area contributed by atoms with Gasteiger partial charge in [-0.1, -0.05) is 0 Å². The third kappa shape index (κ3) is 3.73. The van der Waals surface area contributed by atoms with Crippen LogP contribution >= 0.6 is 0 Å². The van der Waals surface area contributed by atoms with Gasteiger partial charge >= 0.3 is 0 Å². The first-order valence-corrected chi connectivity index (χ1v) is 12.5. The van der Waals surface area contributed by atoms with Crippen molar-refractivity contribution in [3.63, 3.8) is 0 Å². The molecule has 2 aromatic rings. The van der Waals surface area contributed by atoms with Gasteiger partial charge in [0, 0.05) is 63.1 Å². The van der Waals surface area contributed by atoms with Crippen LogP contribution in [-0.4, -0.2) is 93.7 Å². The molecular weight excluding hydrogens is 434 g/mol. The number of aryl methyl sites for hydroxylation is 1. The van der Waals surface area contributed by atoms with Crippen molar-refractivity contribution < 1.29 is 27.1 Å². The number of hydrogen-bond donors (Lipinski definition) is 0. The van der Waals surface area contributed by atoms with Crippen LogP contribution in [0, 0.1) is 6.92 Å². The van der Waals surface area contributed by atoms with Crippen LogP contribution < -0.4 is 0 Å². The van der Waals surface area contributed by atoms with Gasteiger partial charge in [0.15, 0.2) is 11.5 Å². The second-order valence-electron chi connectivity index (χ2n) is 8.82. The van der Waals surface area contributed by atoms with Gasteiger partial charge in [-0.2, -0.15) is 4.31 Å². The Morgan fingerprint density at radius 3 is 2.31 bits per heavy atom. The fourth-order valence-electron chi connectivity index (χ4n) is 4.72. The normalized spacial score (nSPS) is 22.8. The maximum atomic E-state index is 13.3. The standard InChI is InChI=1S/C22H29N3O6S/c1-16-18-15-17(32(27,28)25-7-5-22(6-8-25)29-13-14-30-22)3-4-19(18)31-20(16)21(26)24-11-9-23(2)10-12-24/h3-4,15H,5-14H2,1-2H3. The van der Waals surface area contributed by atoms with E-state index in [1.54, 1.807) is 23.1 Å². The zero-order chi connectivity index (χ0) is 22.5. The van der Waals surface area contributed by atoms with Crippen molar-refractivity contribution in [3.05, 3.63) is 29.5 Å². The first-order valence-electron chi connectivity index (χ1n) is 11.1. The number of benzene rings is 1. The van der Waals surface area contributed by atoms with E-state index in [2.05, 4.69) is 4.90 Å². The first-order chi connectivity index (χ1) is 15.3.